The smallest absolute Gasteiger partial charge is 0.137 e. The van der Waals surface area contributed by atoms with E-state index >= 15 is 0 Å². The van der Waals surface area contributed by atoms with Gasteiger partial charge in [-0.1, -0.05) is 13.8 Å². The molecule has 0 aliphatic carbocycles. The summed E-state index contributed by atoms with van der Waals surface area (Å²) in [5.41, 5.74) is 6.65. The van der Waals surface area contributed by atoms with Crippen molar-refractivity contribution in [3.8, 4) is 11.5 Å². The van der Waals surface area contributed by atoms with E-state index in [9.17, 15) is 5.11 Å². The number of aliphatic hydroxyl groups excluding tert-OH is 1. The Labute approximate surface area is 128 Å². The summed E-state index contributed by atoms with van der Waals surface area (Å²) in [6.45, 7) is 3.84. The van der Waals surface area contributed by atoms with E-state index in [1.165, 1.54) is 0 Å². The van der Waals surface area contributed by atoms with Gasteiger partial charge in [0.25, 0.3) is 0 Å². The fourth-order valence-corrected chi connectivity index (χ4v) is 2.17. The van der Waals surface area contributed by atoms with Crippen LogP contribution in [0.2, 0.25) is 0 Å². The second-order valence-corrected chi connectivity index (χ2v) is 5.66. The van der Waals surface area contributed by atoms with Gasteiger partial charge in [-0.3, -0.25) is 0 Å². The first-order valence-corrected chi connectivity index (χ1v) is 6.44. The van der Waals surface area contributed by atoms with Gasteiger partial charge in [0, 0.05) is 18.1 Å². The van der Waals surface area contributed by atoms with Crippen molar-refractivity contribution in [2.24, 2.45) is 11.1 Å². The van der Waals surface area contributed by atoms with Crippen LogP contribution in [-0.4, -0.2) is 25.9 Å². The molecule has 110 valence electrons. The monoisotopic (exact) mass is 353 g/mol. The number of hydrogen-bond donors (Lipinski definition) is 2. The first-order valence-electron chi connectivity index (χ1n) is 5.65. The summed E-state index contributed by atoms with van der Waals surface area (Å²) in [6, 6.07) is 3.40. The van der Waals surface area contributed by atoms with Gasteiger partial charge in [0.1, 0.15) is 16.0 Å². The second kappa shape index (κ2) is 7.33. The van der Waals surface area contributed by atoms with Gasteiger partial charge in [-0.25, -0.2) is 0 Å². The number of methoxy groups -OCH3 is 2. The molecular formula is C13H21BrClNO3. The largest absolute Gasteiger partial charge is 0.495 e. The fourth-order valence-electron chi connectivity index (χ4n) is 1.62. The van der Waals surface area contributed by atoms with E-state index in [0.29, 0.717) is 11.5 Å². The number of benzene rings is 1. The molecule has 19 heavy (non-hydrogen) atoms. The summed E-state index contributed by atoms with van der Waals surface area (Å²) in [5, 5.41) is 9.38. The maximum Gasteiger partial charge on any atom is 0.137 e. The van der Waals surface area contributed by atoms with Crippen LogP contribution in [-0.2, 0) is 0 Å². The Kier molecular flexibility index (Phi) is 7.15. The Morgan fingerprint density at radius 3 is 2.00 bits per heavy atom. The van der Waals surface area contributed by atoms with Gasteiger partial charge in [-0.2, -0.15) is 0 Å². The highest BCUT2D eigenvalue weighted by molar-refractivity contribution is 9.10. The molecule has 0 aromatic heterocycles. The number of rotatable bonds is 5. The quantitative estimate of drug-likeness (QED) is 0.853. The van der Waals surface area contributed by atoms with Crippen LogP contribution in [0.25, 0.3) is 0 Å². The van der Waals surface area contributed by atoms with E-state index < -0.39 is 5.41 Å². The molecule has 0 spiro atoms. The molecule has 3 N–H and O–H groups in total. The van der Waals surface area contributed by atoms with Crippen LogP contribution in [0.5, 0.6) is 11.5 Å². The van der Waals surface area contributed by atoms with E-state index in [4.69, 9.17) is 15.2 Å². The molecule has 0 radical (unpaired) electrons. The molecule has 1 aromatic rings. The zero-order valence-corrected chi connectivity index (χ0v) is 14.0. The van der Waals surface area contributed by atoms with E-state index in [-0.39, 0.29) is 25.1 Å². The molecule has 4 nitrogen and oxygen atoms in total. The third kappa shape index (κ3) is 3.99. The number of ether oxygens (including phenoxy) is 2. The van der Waals surface area contributed by atoms with Crippen molar-refractivity contribution in [1.82, 2.24) is 0 Å². The van der Waals surface area contributed by atoms with Crippen molar-refractivity contribution in [3.63, 3.8) is 0 Å². The summed E-state index contributed by atoms with van der Waals surface area (Å²) in [4.78, 5) is 0. The summed E-state index contributed by atoms with van der Waals surface area (Å²) in [7, 11) is 3.18. The predicted octanol–water partition coefficient (Wildman–Crippen LogP) is 2.91. The first kappa shape index (κ1) is 18.5. The topological polar surface area (TPSA) is 64.7 Å². The predicted molar refractivity (Wildman–Crippen MR) is 82.3 cm³/mol. The van der Waals surface area contributed by atoms with E-state index in [2.05, 4.69) is 15.9 Å². The molecule has 1 atom stereocenters. The maximum atomic E-state index is 9.38. The third-order valence-electron chi connectivity index (χ3n) is 3.08. The van der Waals surface area contributed by atoms with Gasteiger partial charge in [0.15, 0.2) is 0 Å². The Morgan fingerprint density at radius 2 is 1.68 bits per heavy atom. The highest BCUT2D eigenvalue weighted by atomic mass is 79.9. The number of aliphatic hydroxyl groups is 1. The highest BCUT2D eigenvalue weighted by Crippen LogP contribution is 2.40. The Balaban J connectivity index is 0.00000324. The number of halogens is 2. The molecule has 0 unspecified atom stereocenters. The summed E-state index contributed by atoms with van der Waals surface area (Å²) in [6.07, 6.45) is 0. The van der Waals surface area contributed by atoms with Gasteiger partial charge >= 0.3 is 0 Å². The van der Waals surface area contributed by atoms with Gasteiger partial charge < -0.3 is 20.3 Å². The van der Waals surface area contributed by atoms with Gasteiger partial charge in [-0.05, 0) is 33.6 Å². The van der Waals surface area contributed by atoms with Gasteiger partial charge in [0.2, 0.25) is 0 Å². The maximum absolute atomic E-state index is 9.38. The molecule has 0 fully saturated rings. The van der Waals surface area contributed by atoms with E-state index in [0.717, 1.165) is 10.0 Å². The standard InChI is InChI=1S/C13H20BrNO3.ClH/c1-13(2,7-16)12(15)8-5-9(17-3)11(14)10(6-8)18-4;/h5-6,12,16H,7,15H2,1-4H3;1H/t12-;/m1./s1. The lowest BCUT2D eigenvalue weighted by molar-refractivity contribution is 0.132. The second-order valence-electron chi connectivity index (χ2n) is 4.86. The number of nitrogens with two attached hydrogens (primary N) is 1. The fraction of sp³-hybridized carbons (Fsp3) is 0.538. The van der Waals surface area contributed by atoms with Crippen LogP contribution in [0.3, 0.4) is 0 Å². The molecule has 1 aromatic carbocycles. The Bertz CT molecular complexity index is 401. The summed E-state index contributed by atoms with van der Waals surface area (Å²) < 4.78 is 11.3. The van der Waals surface area contributed by atoms with Crippen LogP contribution < -0.4 is 15.2 Å². The summed E-state index contributed by atoms with van der Waals surface area (Å²) >= 11 is 3.41. The van der Waals surface area contributed by atoms with Crippen molar-refractivity contribution in [3.05, 3.63) is 22.2 Å². The van der Waals surface area contributed by atoms with Crippen molar-refractivity contribution >= 4 is 28.3 Å². The van der Waals surface area contributed by atoms with E-state index in [1.807, 2.05) is 26.0 Å². The first-order chi connectivity index (χ1) is 8.37. The van der Waals surface area contributed by atoms with Crippen LogP contribution in [0, 0.1) is 5.41 Å². The third-order valence-corrected chi connectivity index (χ3v) is 3.86. The summed E-state index contributed by atoms with van der Waals surface area (Å²) in [5.74, 6) is 1.32. The minimum absolute atomic E-state index is 0. The Morgan fingerprint density at radius 1 is 1.26 bits per heavy atom. The van der Waals surface area contributed by atoms with Gasteiger partial charge in [-0.15, -0.1) is 12.4 Å². The SMILES string of the molecule is COc1cc([C@@H](N)C(C)(C)CO)cc(OC)c1Br.Cl. The van der Waals surface area contributed by atoms with Crippen LogP contribution in [0.1, 0.15) is 25.5 Å². The zero-order chi connectivity index (χ0) is 13.9. The Hall–Kier alpha value is -0.490. The average molecular weight is 355 g/mol. The minimum Gasteiger partial charge on any atom is -0.495 e. The van der Waals surface area contributed by atoms with Crippen LogP contribution in [0.4, 0.5) is 0 Å². The molecular weight excluding hydrogens is 334 g/mol. The van der Waals surface area contributed by atoms with Crippen molar-refractivity contribution in [2.45, 2.75) is 19.9 Å². The van der Waals surface area contributed by atoms with Crippen molar-refractivity contribution in [2.75, 3.05) is 20.8 Å². The number of hydrogen-bond acceptors (Lipinski definition) is 4. The van der Waals surface area contributed by atoms with Crippen molar-refractivity contribution in [1.29, 1.82) is 0 Å². The van der Waals surface area contributed by atoms with Gasteiger partial charge in [0.05, 0.1) is 14.2 Å². The molecule has 0 saturated heterocycles. The molecule has 0 aliphatic rings. The molecule has 0 aliphatic heterocycles. The molecule has 0 bridgehead atoms. The minimum atomic E-state index is -0.413. The zero-order valence-electron chi connectivity index (χ0n) is 11.6. The average Bonchev–Trinajstić information content (AvgIpc) is 2.38. The molecule has 1 rings (SSSR count). The lowest BCUT2D eigenvalue weighted by Crippen LogP contribution is -2.32. The molecule has 6 heteroatoms. The van der Waals surface area contributed by atoms with Crippen LogP contribution in [0.15, 0.2) is 16.6 Å². The molecule has 0 saturated carbocycles. The lowest BCUT2D eigenvalue weighted by Gasteiger charge is -2.30. The van der Waals surface area contributed by atoms with E-state index in [1.54, 1.807) is 14.2 Å². The van der Waals surface area contributed by atoms with Crippen LogP contribution >= 0.6 is 28.3 Å². The lowest BCUT2D eigenvalue weighted by atomic mass is 9.82. The van der Waals surface area contributed by atoms with Crippen molar-refractivity contribution < 1.29 is 14.6 Å². The normalized spacial score (nSPS) is 12.6. The highest BCUT2D eigenvalue weighted by Gasteiger charge is 2.28. The molecule has 0 amide bonds. The molecule has 0 heterocycles.